The van der Waals surface area contributed by atoms with Crippen molar-refractivity contribution in [1.82, 2.24) is 19.3 Å². The quantitative estimate of drug-likeness (QED) is 0.475. The fourth-order valence-electron chi connectivity index (χ4n) is 4.03. The molecule has 0 atom stereocenters. The Labute approximate surface area is 198 Å². The van der Waals surface area contributed by atoms with Gasteiger partial charge >= 0.3 is 6.18 Å². The van der Waals surface area contributed by atoms with E-state index in [-0.39, 0.29) is 5.56 Å². The molecule has 3 N–H and O–H groups in total. The number of hydrogen-bond donors (Lipinski definition) is 3. The molecule has 2 aromatic heterocycles. The second-order valence-electron chi connectivity index (χ2n) is 9.04. The van der Waals surface area contributed by atoms with E-state index in [1.807, 2.05) is 0 Å². The molecule has 1 aromatic carbocycles. The summed E-state index contributed by atoms with van der Waals surface area (Å²) >= 11 is 1.13. The van der Waals surface area contributed by atoms with Crippen LogP contribution in [-0.4, -0.2) is 45.4 Å². The maximum atomic E-state index is 13.8. The van der Waals surface area contributed by atoms with Gasteiger partial charge in [-0.15, -0.1) is 0 Å². The predicted molar refractivity (Wildman–Crippen MR) is 120 cm³/mol. The maximum Gasteiger partial charge on any atom is 0.417 e. The number of aryl methyl sites for hydroxylation is 1. The molecule has 0 amide bonds. The average molecular weight is 519 g/mol. The molecular weight excluding hydrogens is 493 g/mol. The normalized spacial score (nSPS) is 20.2. The van der Waals surface area contributed by atoms with Gasteiger partial charge in [-0.2, -0.15) is 18.3 Å². The zero-order valence-corrected chi connectivity index (χ0v) is 20.4. The second kappa shape index (κ2) is 8.55. The highest BCUT2D eigenvalue weighted by atomic mass is 32.2. The van der Waals surface area contributed by atoms with Gasteiger partial charge in [-0.3, -0.25) is 0 Å². The molecule has 0 unspecified atom stereocenters. The van der Waals surface area contributed by atoms with Crippen molar-refractivity contribution in [2.75, 3.05) is 0 Å². The monoisotopic (exact) mass is 518 g/mol. The van der Waals surface area contributed by atoms with Gasteiger partial charge in [0, 0.05) is 11.6 Å². The molecule has 0 bridgehead atoms. The molecule has 1 saturated carbocycles. The molecule has 0 spiro atoms. The molecule has 4 rings (SSSR count). The summed E-state index contributed by atoms with van der Waals surface area (Å²) in [5.41, 5.74) is -1.52. The van der Waals surface area contributed by atoms with Crippen molar-refractivity contribution in [3.05, 3.63) is 34.5 Å². The summed E-state index contributed by atoms with van der Waals surface area (Å²) < 4.78 is 71.3. The lowest BCUT2D eigenvalue weighted by atomic mass is 9.94. The van der Waals surface area contributed by atoms with Crippen LogP contribution in [-0.2, 0) is 21.8 Å². The summed E-state index contributed by atoms with van der Waals surface area (Å²) in [6.45, 7) is 4.75. The Morgan fingerprint density at radius 1 is 1.18 bits per heavy atom. The number of aliphatic hydroxyl groups excluding tert-OH is 1. The summed E-state index contributed by atoms with van der Waals surface area (Å²) in [6.07, 6.45) is -4.00. The zero-order valence-electron chi connectivity index (χ0n) is 18.7. The Kier molecular flexibility index (Phi) is 6.30. The van der Waals surface area contributed by atoms with Gasteiger partial charge in [-0.25, -0.2) is 22.6 Å². The Morgan fingerprint density at radius 3 is 2.41 bits per heavy atom. The minimum atomic E-state index is -4.89. The van der Waals surface area contributed by atoms with Crippen molar-refractivity contribution in [1.29, 1.82) is 0 Å². The third-order valence-corrected chi connectivity index (χ3v) is 8.55. The molecule has 1 aliphatic carbocycles. The smallest absolute Gasteiger partial charge is 0.393 e. The van der Waals surface area contributed by atoms with E-state index in [4.69, 9.17) is 0 Å². The first-order valence-electron chi connectivity index (χ1n) is 10.7. The molecule has 1 aliphatic rings. The summed E-state index contributed by atoms with van der Waals surface area (Å²) in [7, 11) is -4.53. The molecule has 8 nitrogen and oxygen atoms in total. The van der Waals surface area contributed by atoms with E-state index in [0.29, 0.717) is 47.0 Å². The van der Waals surface area contributed by atoms with Crippen molar-refractivity contribution in [2.24, 2.45) is 0 Å². The van der Waals surface area contributed by atoms with E-state index >= 15 is 0 Å². The molecule has 0 saturated heterocycles. The zero-order chi connectivity index (χ0) is 25.1. The van der Waals surface area contributed by atoms with E-state index in [2.05, 4.69) is 14.8 Å². The van der Waals surface area contributed by atoms with Crippen LogP contribution in [0, 0.1) is 6.92 Å². The van der Waals surface area contributed by atoms with E-state index in [9.17, 15) is 31.8 Å². The van der Waals surface area contributed by atoms with Crippen molar-refractivity contribution in [3.8, 4) is 11.3 Å². The van der Waals surface area contributed by atoms with Gasteiger partial charge < -0.3 is 10.2 Å². The number of alkyl halides is 3. The largest absolute Gasteiger partial charge is 0.417 e. The van der Waals surface area contributed by atoms with Gasteiger partial charge in [0.05, 0.1) is 28.0 Å². The number of hydrogen-bond acceptors (Lipinski definition) is 7. The number of benzene rings is 1. The third-order valence-electron chi connectivity index (χ3n) is 5.77. The summed E-state index contributed by atoms with van der Waals surface area (Å²) in [4.78, 5) is 3.93. The molecule has 1 fully saturated rings. The number of aromatic nitrogens is 3. The van der Waals surface area contributed by atoms with Crippen LogP contribution in [0.25, 0.3) is 16.2 Å². The van der Waals surface area contributed by atoms with Crippen LogP contribution in [0.4, 0.5) is 13.2 Å². The van der Waals surface area contributed by atoms with E-state index < -0.39 is 44.4 Å². The highest BCUT2D eigenvalue weighted by molar-refractivity contribution is 7.89. The highest BCUT2D eigenvalue weighted by Gasteiger charge is 2.38. The predicted octanol–water partition coefficient (Wildman–Crippen LogP) is 3.59. The molecule has 186 valence electrons. The van der Waals surface area contributed by atoms with E-state index in [0.717, 1.165) is 23.5 Å². The summed E-state index contributed by atoms with van der Waals surface area (Å²) in [5, 5.41) is 24.6. The lowest BCUT2D eigenvalue weighted by Crippen LogP contribution is -2.39. The highest BCUT2D eigenvalue weighted by Crippen LogP contribution is 2.38. The fourth-order valence-corrected chi connectivity index (χ4v) is 6.53. The fraction of sp³-hybridized carbons (Fsp3) is 0.524. The number of halogens is 3. The van der Waals surface area contributed by atoms with Gasteiger partial charge in [0.1, 0.15) is 10.6 Å². The maximum absolute atomic E-state index is 13.8. The molecule has 3 aromatic rings. The standard InChI is InChI=1S/C21H25F3N4O4S2/c1-11-17(28-19(25-11)33-18(26-28)20(2,3)30)12-4-9-15(21(22,23)24)16(10-12)34(31,32)27-13-5-7-14(29)8-6-13/h4,9-10,13-14,27,29-30H,5-8H2,1-3H3/t13-,14+. The number of fused-ring (bicyclic) bond motifs is 1. The first-order chi connectivity index (χ1) is 15.7. The number of nitrogens with one attached hydrogen (secondary N) is 1. The Balaban J connectivity index is 1.82. The SMILES string of the molecule is Cc1nc2sc(C(C)(C)O)nn2c1-c1ccc(C(F)(F)F)c(S(=O)(=O)N[C@H]2CC[C@@H](O)CC2)c1. The number of aliphatic hydroxyl groups is 2. The van der Waals surface area contributed by atoms with Gasteiger partial charge in [0.2, 0.25) is 15.0 Å². The first-order valence-corrected chi connectivity index (χ1v) is 13.0. The van der Waals surface area contributed by atoms with E-state index in [1.165, 1.54) is 10.6 Å². The van der Waals surface area contributed by atoms with Crippen LogP contribution in [0.2, 0.25) is 0 Å². The lowest BCUT2D eigenvalue weighted by molar-refractivity contribution is -0.139. The number of sulfonamides is 1. The van der Waals surface area contributed by atoms with Crippen molar-refractivity contribution < 1.29 is 31.8 Å². The summed E-state index contributed by atoms with van der Waals surface area (Å²) in [5.74, 6) is 0. The first kappa shape index (κ1) is 25.0. The van der Waals surface area contributed by atoms with Crippen LogP contribution in [0.3, 0.4) is 0 Å². The molecule has 0 aliphatic heterocycles. The minimum Gasteiger partial charge on any atom is -0.393 e. The minimum absolute atomic E-state index is 0.199. The van der Waals surface area contributed by atoms with Gasteiger partial charge in [0.15, 0.2) is 0 Å². The van der Waals surface area contributed by atoms with Crippen LogP contribution < -0.4 is 4.72 Å². The lowest BCUT2D eigenvalue weighted by Gasteiger charge is -2.26. The number of imidazole rings is 1. The van der Waals surface area contributed by atoms with Crippen molar-refractivity contribution >= 4 is 26.3 Å². The number of nitrogens with zero attached hydrogens (tertiary/aromatic N) is 3. The van der Waals surface area contributed by atoms with Gasteiger partial charge in [0.25, 0.3) is 0 Å². The topological polar surface area (TPSA) is 117 Å². The molecular formula is C21H25F3N4O4S2. The Bertz CT molecular complexity index is 1320. The van der Waals surface area contributed by atoms with Gasteiger partial charge in [-0.1, -0.05) is 17.4 Å². The van der Waals surface area contributed by atoms with Crippen LogP contribution in [0.15, 0.2) is 23.1 Å². The Morgan fingerprint density at radius 2 is 1.82 bits per heavy atom. The van der Waals surface area contributed by atoms with Crippen LogP contribution in [0.1, 0.15) is 55.8 Å². The molecule has 0 radical (unpaired) electrons. The van der Waals surface area contributed by atoms with Crippen molar-refractivity contribution in [2.45, 2.75) is 75.3 Å². The summed E-state index contributed by atoms with van der Waals surface area (Å²) in [6, 6.07) is 2.37. The van der Waals surface area contributed by atoms with Crippen LogP contribution in [0.5, 0.6) is 0 Å². The second-order valence-corrected chi connectivity index (χ2v) is 11.7. The van der Waals surface area contributed by atoms with Gasteiger partial charge in [-0.05, 0) is 58.6 Å². The van der Waals surface area contributed by atoms with Crippen LogP contribution >= 0.6 is 11.3 Å². The van der Waals surface area contributed by atoms with Crippen molar-refractivity contribution in [3.63, 3.8) is 0 Å². The van der Waals surface area contributed by atoms with E-state index in [1.54, 1.807) is 20.8 Å². The molecule has 34 heavy (non-hydrogen) atoms. The third kappa shape index (κ3) is 4.85. The number of rotatable bonds is 5. The Hall–Kier alpha value is -2.06. The molecule has 2 heterocycles. The molecule has 13 heteroatoms. The average Bonchev–Trinajstić information content (AvgIpc) is 3.25.